The molecule has 0 saturated heterocycles. The summed E-state index contributed by atoms with van der Waals surface area (Å²) in [6, 6.07) is 7.59. The minimum absolute atomic E-state index is 0.175. The first-order chi connectivity index (χ1) is 9.07. The third kappa shape index (κ3) is 3.09. The highest BCUT2D eigenvalue weighted by Gasteiger charge is 2.42. The Balaban J connectivity index is 2.18. The van der Waals surface area contributed by atoms with Crippen LogP contribution in [0.1, 0.15) is 25.7 Å². The van der Waals surface area contributed by atoms with Gasteiger partial charge in [0.2, 0.25) is 0 Å². The number of benzene rings is 1. The fourth-order valence-corrected chi connectivity index (χ4v) is 2.92. The van der Waals surface area contributed by atoms with Crippen LogP contribution in [0.5, 0.6) is 0 Å². The van der Waals surface area contributed by atoms with Gasteiger partial charge in [0.1, 0.15) is 5.54 Å². The minimum Gasteiger partial charge on any atom is -0.480 e. The van der Waals surface area contributed by atoms with Gasteiger partial charge in [-0.15, -0.1) is 0 Å². The number of anilines is 1. The Bertz CT molecular complexity index is 456. The number of carbonyl (C=O) groups is 1. The summed E-state index contributed by atoms with van der Waals surface area (Å²) < 4.78 is 6.19. The monoisotopic (exact) mass is 327 g/mol. The van der Waals surface area contributed by atoms with Gasteiger partial charge in [-0.05, 0) is 53.7 Å². The van der Waals surface area contributed by atoms with Gasteiger partial charge < -0.3 is 15.2 Å². The van der Waals surface area contributed by atoms with Crippen LogP contribution >= 0.6 is 15.9 Å². The van der Waals surface area contributed by atoms with Gasteiger partial charge in [-0.3, -0.25) is 0 Å². The maximum Gasteiger partial charge on any atom is 0.329 e. The van der Waals surface area contributed by atoms with Crippen molar-refractivity contribution in [2.75, 3.05) is 12.4 Å². The van der Waals surface area contributed by atoms with Gasteiger partial charge in [0.05, 0.1) is 6.10 Å². The lowest BCUT2D eigenvalue weighted by molar-refractivity contribution is -0.144. The molecule has 0 heterocycles. The smallest absolute Gasteiger partial charge is 0.329 e. The van der Waals surface area contributed by atoms with Crippen molar-refractivity contribution in [2.24, 2.45) is 0 Å². The SMILES string of the molecule is COC1CCC(Nc2ccccc2Br)(C(=O)O)CC1. The molecule has 0 bridgehead atoms. The molecule has 0 unspecified atom stereocenters. The van der Waals surface area contributed by atoms with Gasteiger partial charge in [0, 0.05) is 17.3 Å². The van der Waals surface area contributed by atoms with Crippen LogP contribution in [0.3, 0.4) is 0 Å². The van der Waals surface area contributed by atoms with Crippen LogP contribution in [-0.2, 0) is 9.53 Å². The fourth-order valence-electron chi connectivity index (χ4n) is 2.53. The van der Waals surface area contributed by atoms with Crippen LogP contribution in [0.2, 0.25) is 0 Å². The van der Waals surface area contributed by atoms with Gasteiger partial charge >= 0.3 is 5.97 Å². The number of rotatable bonds is 4. The molecule has 0 amide bonds. The van der Waals surface area contributed by atoms with Crippen LogP contribution in [0, 0.1) is 0 Å². The molecule has 0 spiro atoms. The van der Waals surface area contributed by atoms with Crippen molar-refractivity contribution in [1.82, 2.24) is 0 Å². The van der Waals surface area contributed by atoms with E-state index in [0.29, 0.717) is 12.8 Å². The highest BCUT2D eigenvalue weighted by molar-refractivity contribution is 9.10. The molecule has 5 heteroatoms. The van der Waals surface area contributed by atoms with Crippen LogP contribution in [0.15, 0.2) is 28.7 Å². The Kier molecular flexibility index (Phi) is 4.47. The first-order valence-electron chi connectivity index (χ1n) is 6.36. The number of carboxylic acids is 1. The molecule has 1 saturated carbocycles. The Morgan fingerprint density at radius 2 is 2.05 bits per heavy atom. The fraction of sp³-hybridized carbons (Fsp3) is 0.500. The lowest BCUT2D eigenvalue weighted by atomic mass is 9.80. The number of carboxylic acid groups (broad SMARTS) is 1. The summed E-state index contributed by atoms with van der Waals surface area (Å²) in [5.41, 5.74) is -0.0698. The molecule has 2 rings (SSSR count). The van der Waals surface area contributed by atoms with Crippen LogP contribution < -0.4 is 5.32 Å². The second-order valence-electron chi connectivity index (χ2n) is 4.93. The number of hydrogen-bond acceptors (Lipinski definition) is 3. The van der Waals surface area contributed by atoms with Crippen LogP contribution in [0.25, 0.3) is 0 Å². The Morgan fingerprint density at radius 1 is 1.42 bits per heavy atom. The first-order valence-corrected chi connectivity index (χ1v) is 7.15. The van der Waals surface area contributed by atoms with Gasteiger partial charge in [0.25, 0.3) is 0 Å². The second kappa shape index (κ2) is 5.92. The van der Waals surface area contributed by atoms with Gasteiger partial charge in [0.15, 0.2) is 0 Å². The molecular formula is C14H18BrNO3. The van der Waals surface area contributed by atoms with Crippen molar-refractivity contribution in [3.05, 3.63) is 28.7 Å². The lowest BCUT2D eigenvalue weighted by Crippen LogP contribution is -2.50. The average molecular weight is 328 g/mol. The molecule has 1 fully saturated rings. The van der Waals surface area contributed by atoms with Gasteiger partial charge in [-0.1, -0.05) is 12.1 Å². The second-order valence-corrected chi connectivity index (χ2v) is 5.78. The minimum atomic E-state index is -0.890. The Hall–Kier alpha value is -1.07. The Labute approximate surface area is 121 Å². The number of methoxy groups -OCH3 is 1. The number of para-hydroxylation sites is 1. The van der Waals surface area contributed by atoms with E-state index < -0.39 is 11.5 Å². The molecule has 1 aliphatic rings. The maximum absolute atomic E-state index is 11.7. The lowest BCUT2D eigenvalue weighted by Gasteiger charge is -2.37. The number of nitrogens with one attached hydrogen (secondary N) is 1. The standard InChI is InChI=1S/C14H18BrNO3/c1-19-10-6-8-14(9-7-10,13(17)18)16-12-5-3-2-4-11(12)15/h2-5,10,16H,6-9H2,1H3,(H,17,18). The van der Waals surface area contributed by atoms with Crippen molar-refractivity contribution >= 4 is 27.6 Å². The van der Waals surface area contributed by atoms with E-state index in [4.69, 9.17) is 4.74 Å². The van der Waals surface area contributed by atoms with E-state index in [0.717, 1.165) is 23.0 Å². The summed E-state index contributed by atoms with van der Waals surface area (Å²) in [7, 11) is 1.68. The molecule has 1 aliphatic carbocycles. The summed E-state index contributed by atoms with van der Waals surface area (Å²) in [5, 5.41) is 12.8. The highest BCUT2D eigenvalue weighted by atomic mass is 79.9. The summed E-state index contributed by atoms with van der Waals surface area (Å²) in [4.78, 5) is 11.7. The summed E-state index contributed by atoms with van der Waals surface area (Å²) in [6.45, 7) is 0. The predicted molar refractivity (Wildman–Crippen MR) is 77.4 cm³/mol. The van der Waals surface area contributed by atoms with E-state index in [1.165, 1.54) is 0 Å². The van der Waals surface area contributed by atoms with E-state index in [-0.39, 0.29) is 6.10 Å². The van der Waals surface area contributed by atoms with Crippen molar-refractivity contribution in [1.29, 1.82) is 0 Å². The average Bonchev–Trinajstić information content (AvgIpc) is 2.42. The van der Waals surface area contributed by atoms with Gasteiger partial charge in [-0.25, -0.2) is 4.79 Å². The molecule has 19 heavy (non-hydrogen) atoms. The van der Waals surface area contributed by atoms with E-state index in [2.05, 4.69) is 21.2 Å². The maximum atomic E-state index is 11.7. The topological polar surface area (TPSA) is 58.6 Å². The molecule has 0 aliphatic heterocycles. The zero-order valence-corrected chi connectivity index (χ0v) is 12.4. The molecule has 0 aromatic heterocycles. The van der Waals surface area contributed by atoms with Crippen molar-refractivity contribution in [3.63, 3.8) is 0 Å². The third-order valence-electron chi connectivity index (χ3n) is 3.78. The summed E-state index contributed by atoms with van der Waals surface area (Å²) in [5.74, 6) is -0.794. The molecule has 1 aromatic carbocycles. The van der Waals surface area contributed by atoms with E-state index >= 15 is 0 Å². The largest absolute Gasteiger partial charge is 0.480 e. The van der Waals surface area contributed by atoms with Crippen molar-refractivity contribution in [2.45, 2.75) is 37.3 Å². The first kappa shape index (κ1) is 14.3. The predicted octanol–water partition coefficient (Wildman–Crippen LogP) is 3.27. The van der Waals surface area contributed by atoms with E-state index in [1.54, 1.807) is 7.11 Å². The van der Waals surface area contributed by atoms with Gasteiger partial charge in [-0.2, -0.15) is 0 Å². The molecule has 104 valence electrons. The number of ether oxygens (including phenoxy) is 1. The third-order valence-corrected chi connectivity index (χ3v) is 4.47. The molecule has 0 radical (unpaired) electrons. The zero-order valence-electron chi connectivity index (χ0n) is 10.9. The van der Waals surface area contributed by atoms with Crippen molar-refractivity contribution < 1.29 is 14.6 Å². The molecule has 4 nitrogen and oxygen atoms in total. The molecule has 1 aromatic rings. The molecule has 0 atom stereocenters. The Morgan fingerprint density at radius 3 is 2.58 bits per heavy atom. The molecular weight excluding hydrogens is 310 g/mol. The van der Waals surface area contributed by atoms with E-state index in [1.807, 2.05) is 24.3 Å². The number of halogens is 1. The number of aliphatic carboxylic acids is 1. The van der Waals surface area contributed by atoms with E-state index in [9.17, 15) is 9.90 Å². The summed E-state index contributed by atoms with van der Waals surface area (Å²) >= 11 is 3.44. The van der Waals surface area contributed by atoms with Crippen LogP contribution in [0.4, 0.5) is 5.69 Å². The highest BCUT2D eigenvalue weighted by Crippen LogP contribution is 2.35. The normalized spacial score (nSPS) is 26.9. The van der Waals surface area contributed by atoms with Crippen LogP contribution in [-0.4, -0.2) is 29.8 Å². The van der Waals surface area contributed by atoms with Crippen molar-refractivity contribution in [3.8, 4) is 0 Å². The molecule has 2 N–H and O–H groups in total. The number of hydrogen-bond donors (Lipinski definition) is 2. The summed E-state index contributed by atoms with van der Waals surface area (Å²) in [6.07, 6.45) is 2.85. The quantitative estimate of drug-likeness (QED) is 0.891. The zero-order chi connectivity index (χ0) is 13.9.